The zero-order valence-electron chi connectivity index (χ0n) is 16.7. The number of aromatic nitrogens is 2. The summed E-state index contributed by atoms with van der Waals surface area (Å²) in [6, 6.07) is 14.0. The summed E-state index contributed by atoms with van der Waals surface area (Å²) < 4.78 is 9.73. The molecule has 1 atom stereocenters. The summed E-state index contributed by atoms with van der Waals surface area (Å²) in [4.78, 5) is 15.0. The molecule has 0 saturated carbocycles. The number of aliphatic hydroxyl groups is 1. The zero-order valence-corrected chi connectivity index (χ0v) is 20.7. The lowest BCUT2D eigenvalue weighted by molar-refractivity contribution is 0.0995. The molecule has 9 heteroatoms. The largest absolute Gasteiger partial charge is 0.489 e. The Kier molecular flexibility index (Phi) is 10.0. The van der Waals surface area contributed by atoms with Crippen LogP contribution in [0.5, 0.6) is 5.75 Å². The number of primary amides is 1. The van der Waals surface area contributed by atoms with E-state index in [1.165, 1.54) is 6.33 Å². The third-order valence-corrected chi connectivity index (χ3v) is 5.50. The molecular formula is C22H24Br2ClN3O3. The van der Waals surface area contributed by atoms with Gasteiger partial charge in [0.05, 0.1) is 12.4 Å². The van der Waals surface area contributed by atoms with Crippen LogP contribution in [0.2, 0.25) is 0 Å². The average Bonchev–Trinajstić information content (AvgIpc) is 3.15. The van der Waals surface area contributed by atoms with Crippen molar-refractivity contribution in [2.24, 2.45) is 5.73 Å². The Morgan fingerprint density at radius 3 is 2.58 bits per heavy atom. The molecule has 0 spiro atoms. The van der Waals surface area contributed by atoms with Gasteiger partial charge in [-0.1, -0.05) is 50.1 Å². The lowest BCUT2D eigenvalue weighted by atomic mass is 10.0. The van der Waals surface area contributed by atoms with Crippen LogP contribution in [-0.4, -0.2) is 26.7 Å². The van der Waals surface area contributed by atoms with E-state index in [0.29, 0.717) is 19.6 Å². The van der Waals surface area contributed by atoms with Crippen molar-refractivity contribution in [2.45, 2.75) is 38.5 Å². The smallest absolute Gasteiger partial charge is 0.268 e. The van der Waals surface area contributed by atoms with Gasteiger partial charge in [-0.2, -0.15) is 0 Å². The summed E-state index contributed by atoms with van der Waals surface area (Å²) in [7, 11) is 0. The second kappa shape index (κ2) is 12.2. The van der Waals surface area contributed by atoms with Gasteiger partial charge in [0.15, 0.2) is 0 Å². The first kappa shape index (κ1) is 25.4. The Balaban J connectivity index is 0.00000341. The molecule has 3 rings (SSSR count). The average molecular weight is 574 g/mol. The minimum absolute atomic E-state index is 0. The van der Waals surface area contributed by atoms with Crippen LogP contribution in [0, 0.1) is 0 Å². The molecule has 3 N–H and O–H groups in total. The number of hydrogen-bond donors (Lipinski definition) is 2. The molecular weight excluding hydrogens is 550 g/mol. The van der Waals surface area contributed by atoms with Crippen LogP contribution in [0.15, 0.2) is 63.9 Å². The van der Waals surface area contributed by atoms with Crippen molar-refractivity contribution in [3.05, 3.63) is 80.8 Å². The fourth-order valence-corrected chi connectivity index (χ4v) is 4.55. The van der Waals surface area contributed by atoms with Gasteiger partial charge >= 0.3 is 0 Å². The second-order valence-corrected chi connectivity index (χ2v) is 8.87. The van der Waals surface area contributed by atoms with Gasteiger partial charge in [-0.25, -0.2) is 4.98 Å². The van der Waals surface area contributed by atoms with Crippen molar-refractivity contribution < 1.29 is 14.6 Å². The number of carbonyl (C=O) groups excluding carboxylic acids is 1. The van der Waals surface area contributed by atoms with Crippen molar-refractivity contribution in [1.82, 2.24) is 9.55 Å². The van der Waals surface area contributed by atoms with Crippen LogP contribution in [0.1, 0.15) is 34.5 Å². The molecule has 166 valence electrons. The topological polar surface area (TPSA) is 90.4 Å². The number of carbonyl (C=O) groups is 1. The predicted octanol–water partition coefficient (Wildman–Crippen LogP) is 4.89. The number of ether oxygens (including phenoxy) is 1. The highest BCUT2D eigenvalue weighted by Crippen LogP contribution is 2.24. The normalized spacial score (nSPS) is 11.6. The third kappa shape index (κ3) is 7.96. The Labute approximate surface area is 204 Å². The van der Waals surface area contributed by atoms with E-state index in [2.05, 4.69) is 36.8 Å². The number of para-hydroxylation sites is 1. The van der Waals surface area contributed by atoms with Crippen LogP contribution in [-0.2, 0) is 19.6 Å². The summed E-state index contributed by atoms with van der Waals surface area (Å²) in [5.41, 5.74) is 7.57. The van der Waals surface area contributed by atoms with E-state index in [9.17, 15) is 9.90 Å². The van der Waals surface area contributed by atoms with Gasteiger partial charge in [0.1, 0.15) is 18.1 Å². The van der Waals surface area contributed by atoms with E-state index in [1.807, 2.05) is 42.5 Å². The molecule has 3 aromatic rings. The number of aliphatic hydroxyl groups excluding tert-OH is 1. The van der Waals surface area contributed by atoms with Crippen LogP contribution in [0.3, 0.4) is 0 Å². The van der Waals surface area contributed by atoms with Crippen LogP contribution >= 0.6 is 44.3 Å². The molecule has 0 bridgehead atoms. The molecule has 2 aromatic carbocycles. The molecule has 1 heterocycles. The number of nitrogens with two attached hydrogens (primary N) is 1. The van der Waals surface area contributed by atoms with Gasteiger partial charge < -0.3 is 20.1 Å². The molecule has 1 amide bonds. The molecule has 0 radical (unpaired) electrons. The minimum atomic E-state index is -0.574. The molecule has 0 aliphatic carbocycles. The first-order valence-electron chi connectivity index (χ1n) is 9.56. The summed E-state index contributed by atoms with van der Waals surface area (Å²) in [6.45, 7) is 0.844. The summed E-state index contributed by atoms with van der Waals surface area (Å²) in [5.74, 6) is 0.277. The van der Waals surface area contributed by atoms with E-state index in [-0.39, 0.29) is 18.1 Å². The Bertz CT molecular complexity index is 993. The van der Waals surface area contributed by atoms with E-state index >= 15 is 0 Å². The van der Waals surface area contributed by atoms with Crippen molar-refractivity contribution in [3.63, 3.8) is 0 Å². The highest BCUT2D eigenvalue weighted by molar-refractivity contribution is 9.11. The van der Waals surface area contributed by atoms with Crippen molar-refractivity contribution >= 4 is 50.2 Å². The quantitative estimate of drug-likeness (QED) is 0.361. The van der Waals surface area contributed by atoms with Gasteiger partial charge in [0, 0.05) is 21.7 Å². The van der Waals surface area contributed by atoms with Crippen molar-refractivity contribution in [1.29, 1.82) is 0 Å². The minimum Gasteiger partial charge on any atom is -0.489 e. The van der Waals surface area contributed by atoms with Gasteiger partial charge in [-0.05, 0) is 54.7 Å². The predicted molar refractivity (Wildman–Crippen MR) is 130 cm³/mol. The number of hydrogen-bond acceptors (Lipinski definition) is 4. The van der Waals surface area contributed by atoms with Gasteiger partial charge in [-0.3, -0.25) is 4.79 Å². The SMILES string of the molecule is Cl.NC(=O)c1cn(CC(O)CCCc2ccccc2OCc2cc(Br)cc(Br)c2)cn1. The number of amides is 1. The summed E-state index contributed by atoms with van der Waals surface area (Å²) in [6.07, 6.45) is 4.75. The van der Waals surface area contributed by atoms with Gasteiger partial charge in [-0.15, -0.1) is 12.4 Å². The maximum Gasteiger partial charge on any atom is 0.268 e. The van der Waals surface area contributed by atoms with Crippen LogP contribution in [0.4, 0.5) is 0 Å². The molecule has 1 aromatic heterocycles. The van der Waals surface area contributed by atoms with Gasteiger partial charge in [0.25, 0.3) is 5.91 Å². The zero-order chi connectivity index (χ0) is 21.5. The van der Waals surface area contributed by atoms with Gasteiger partial charge in [0.2, 0.25) is 0 Å². The van der Waals surface area contributed by atoms with E-state index in [0.717, 1.165) is 38.7 Å². The number of aryl methyl sites for hydroxylation is 1. The maximum absolute atomic E-state index is 11.1. The van der Waals surface area contributed by atoms with Crippen molar-refractivity contribution in [2.75, 3.05) is 0 Å². The Hall–Kier alpha value is -1.87. The molecule has 0 aliphatic rings. The fourth-order valence-electron chi connectivity index (χ4n) is 3.16. The molecule has 1 unspecified atom stereocenters. The first-order valence-corrected chi connectivity index (χ1v) is 11.1. The molecule has 6 nitrogen and oxygen atoms in total. The lowest BCUT2D eigenvalue weighted by Gasteiger charge is -2.14. The summed E-state index contributed by atoms with van der Waals surface area (Å²) >= 11 is 6.99. The standard InChI is InChI=1S/C22H23Br2N3O3.ClH/c23-17-8-15(9-18(24)10-17)13-30-21-7-2-1-4-16(21)5-3-6-19(28)11-27-12-20(22(25)29)26-14-27;/h1-2,4,7-10,12,14,19,28H,3,5-6,11,13H2,(H2,25,29);1H. The molecule has 0 aliphatic heterocycles. The molecule has 0 fully saturated rings. The fraction of sp³-hybridized carbons (Fsp3) is 0.273. The summed E-state index contributed by atoms with van der Waals surface area (Å²) in [5, 5.41) is 10.3. The lowest BCUT2D eigenvalue weighted by Crippen LogP contribution is -2.15. The number of rotatable bonds is 10. The molecule has 31 heavy (non-hydrogen) atoms. The Morgan fingerprint density at radius 2 is 1.90 bits per heavy atom. The maximum atomic E-state index is 11.1. The third-order valence-electron chi connectivity index (χ3n) is 4.58. The highest BCUT2D eigenvalue weighted by Gasteiger charge is 2.10. The monoisotopic (exact) mass is 571 g/mol. The number of nitrogens with zero attached hydrogens (tertiary/aromatic N) is 2. The number of benzene rings is 2. The number of imidazole rings is 1. The van der Waals surface area contributed by atoms with E-state index in [1.54, 1.807) is 10.8 Å². The van der Waals surface area contributed by atoms with Crippen molar-refractivity contribution in [3.8, 4) is 5.75 Å². The van der Waals surface area contributed by atoms with E-state index < -0.39 is 12.0 Å². The highest BCUT2D eigenvalue weighted by atomic mass is 79.9. The molecule has 0 saturated heterocycles. The van der Waals surface area contributed by atoms with E-state index in [4.69, 9.17) is 10.5 Å². The first-order chi connectivity index (χ1) is 14.4. The Morgan fingerprint density at radius 1 is 1.19 bits per heavy atom. The van der Waals surface area contributed by atoms with Crippen LogP contribution < -0.4 is 10.5 Å². The number of halogens is 3. The van der Waals surface area contributed by atoms with Crippen LogP contribution in [0.25, 0.3) is 0 Å². The second-order valence-electron chi connectivity index (χ2n) is 7.04.